The second kappa shape index (κ2) is 8.88. The second-order valence-electron chi connectivity index (χ2n) is 7.35. The Hall–Kier alpha value is -3.18. The largest absolute Gasteiger partial charge is 0.350 e. The van der Waals surface area contributed by atoms with Crippen LogP contribution in [0.4, 0.5) is 0 Å². The molecule has 0 aliphatic carbocycles. The monoisotopic (exact) mass is 387 g/mol. The maximum Gasteiger partial charge on any atom is 0.292 e. The van der Waals surface area contributed by atoms with Crippen molar-refractivity contribution in [1.29, 1.82) is 0 Å². The lowest BCUT2D eigenvalue weighted by atomic mass is 10.1. The molecule has 0 atom stereocenters. The maximum absolute atomic E-state index is 12.8. The van der Waals surface area contributed by atoms with Crippen LogP contribution < -0.4 is 0 Å². The summed E-state index contributed by atoms with van der Waals surface area (Å²) in [7, 11) is 0. The van der Waals surface area contributed by atoms with Gasteiger partial charge in [-0.15, -0.1) is 0 Å². The van der Waals surface area contributed by atoms with Crippen molar-refractivity contribution in [2.45, 2.75) is 6.92 Å². The van der Waals surface area contributed by atoms with Gasteiger partial charge in [0.15, 0.2) is 0 Å². The van der Waals surface area contributed by atoms with E-state index in [1.807, 2.05) is 54.3 Å². The van der Waals surface area contributed by atoms with E-state index in [1.54, 1.807) is 6.07 Å². The van der Waals surface area contributed by atoms with Crippen LogP contribution in [0.25, 0.3) is 17.3 Å². The molecule has 1 fully saturated rings. The molecule has 0 spiro atoms. The standard InChI is InChI=1S/C24H25N3O2/c1-19-9-11-21(12-10-19)22-18-23(29-25-22)24(28)27-16-14-26(15-17-27)13-5-8-20-6-3-2-4-7-20/h2-12,18H,13-17H2,1H3/b8-5+. The molecule has 0 saturated carbocycles. The third-order valence-electron chi connectivity index (χ3n) is 5.20. The predicted molar refractivity (Wildman–Crippen MR) is 114 cm³/mol. The van der Waals surface area contributed by atoms with Crippen LogP contribution >= 0.6 is 0 Å². The summed E-state index contributed by atoms with van der Waals surface area (Å²) in [6, 6.07) is 20.1. The van der Waals surface area contributed by atoms with E-state index in [-0.39, 0.29) is 5.91 Å². The highest BCUT2D eigenvalue weighted by Gasteiger charge is 2.24. The molecule has 0 N–H and O–H groups in total. The number of aryl methyl sites for hydroxylation is 1. The van der Waals surface area contributed by atoms with E-state index >= 15 is 0 Å². The molecule has 5 nitrogen and oxygen atoms in total. The van der Waals surface area contributed by atoms with Crippen LogP contribution in [0, 0.1) is 6.92 Å². The smallest absolute Gasteiger partial charge is 0.292 e. The fourth-order valence-electron chi connectivity index (χ4n) is 3.43. The van der Waals surface area contributed by atoms with Gasteiger partial charge in [-0.05, 0) is 12.5 Å². The number of amides is 1. The number of carbonyl (C=O) groups is 1. The van der Waals surface area contributed by atoms with Gasteiger partial charge in [0.25, 0.3) is 5.91 Å². The molecule has 148 valence electrons. The average Bonchev–Trinajstić information content (AvgIpc) is 3.25. The van der Waals surface area contributed by atoms with Crippen LogP contribution in [-0.2, 0) is 0 Å². The molecule has 0 radical (unpaired) electrons. The van der Waals surface area contributed by atoms with Gasteiger partial charge in [-0.1, -0.05) is 77.5 Å². The molecule has 2 heterocycles. The quantitative estimate of drug-likeness (QED) is 0.661. The Kier molecular flexibility index (Phi) is 5.86. The summed E-state index contributed by atoms with van der Waals surface area (Å²) in [6.07, 6.45) is 4.32. The summed E-state index contributed by atoms with van der Waals surface area (Å²) in [5.41, 5.74) is 4.03. The fourth-order valence-corrected chi connectivity index (χ4v) is 3.43. The highest BCUT2D eigenvalue weighted by molar-refractivity contribution is 5.92. The van der Waals surface area contributed by atoms with Crippen molar-refractivity contribution in [3.8, 4) is 11.3 Å². The zero-order valence-electron chi connectivity index (χ0n) is 16.6. The maximum atomic E-state index is 12.8. The van der Waals surface area contributed by atoms with Crippen LogP contribution in [0.2, 0.25) is 0 Å². The molecular formula is C24H25N3O2. The Morgan fingerprint density at radius 3 is 2.48 bits per heavy atom. The Morgan fingerprint density at radius 1 is 1.03 bits per heavy atom. The fraction of sp³-hybridized carbons (Fsp3) is 0.250. The number of hydrogen-bond acceptors (Lipinski definition) is 4. The van der Waals surface area contributed by atoms with Gasteiger partial charge in [0, 0.05) is 44.4 Å². The number of piperazine rings is 1. The van der Waals surface area contributed by atoms with Crippen LogP contribution in [0.15, 0.2) is 71.3 Å². The SMILES string of the molecule is Cc1ccc(-c2cc(C(=O)N3CCN(C/C=C/c4ccccc4)CC3)on2)cc1. The predicted octanol–water partition coefficient (Wildman–Crippen LogP) is 4.12. The van der Waals surface area contributed by atoms with Gasteiger partial charge in [-0.25, -0.2) is 0 Å². The number of benzene rings is 2. The summed E-state index contributed by atoms with van der Waals surface area (Å²) >= 11 is 0. The van der Waals surface area contributed by atoms with Gasteiger partial charge in [-0.2, -0.15) is 0 Å². The minimum absolute atomic E-state index is 0.0876. The minimum atomic E-state index is -0.0876. The number of rotatable bonds is 5. The topological polar surface area (TPSA) is 49.6 Å². The third-order valence-corrected chi connectivity index (χ3v) is 5.20. The van der Waals surface area contributed by atoms with E-state index in [9.17, 15) is 4.79 Å². The highest BCUT2D eigenvalue weighted by atomic mass is 16.5. The molecular weight excluding hydrogens is 362 g/mol. The molecule has 29 heavy (non-hydrogen) atoms. The molecule has 1 aliphatic heterocycles. The molecule has 1 aromatic heterocycles. The summed E-state index contributed by atoms with van der Waals surface area (Å²) in [5.74, 6) is 0.216. The molecule has 5 heteroatoms. The molecule has 4 rings (SSSR count). The first kappa shape index (κ1) is 19.2. The van der Waals surface area contributed by atoms with E-state index in [0.717, 1.165) is 25.2 Å². The van der Waals surface area contributed by atoms with Gasteiger partial charge < -0.3 is 9.42 Å². The molecule has 3 aromatic rings. The Morgan fingerprint density at radius 2 is 1.76 bits per heavy atom. The molecule has 1 aliphatic rings. The van der Waals surface area contributed by atoms with Crippen LogP contribution in [0.5, 0.6) is 0 Å². The number of carbonyl (C=O) groups excluding carboxylic acids is 1. The first-order valence-corrected chi connectivity index (χ1v) is 9.96. The Labute approximate surface area is 171 Å². The van der Waals surface area contributed by atoms with Crippen LogP contribution in [0.3, 0.4) is 0 Å². The summed E-state index contributed by atoms with van der Waals surface area (Å²) < 4.78 is 5.34. The molecule has 2 aromatic carbocycles. The van der Waals surface area contributed by atoms with Crippen molar-refractivity contribution in [1.82, 2.24) is 15.0 Å². The first-order valence-electron chi connectivity index (χ1n) is 9.96. The van der Waals surface area contributed by atoms with E-state index in [2.05, 4.69) is 34.3 Å². The molecule has 0 unspecified atom stereocenters. The minimum Gasteiger partial charge on any atom is -0.350 e. The second-order valence-corrected chi connectivity index (χ2v) is 7.35. The molecule has 1 amide bonds. The van der Waals surface area contributed by atoms with Gasteiger partial charge >= 0.3 is 0 Å². The number of aromatic nitrogens is 1. The summed E-state index contributed by atoms with van der Waals surface area (Å²) in [6.45, 7) is 6.01. The van der Waals surface area contributed by atoms with Crippen molar-refractivity contribution in [3.63, 3.8) is 0 Å². The highest BCUT2D eigenvalue weighted by Crippen LogP contribution is 2.21. The zero-order chi connectivity index (χ0) is 20.1. The van der Waals surface area contributed by atoms with Gasteiger partial charge in [0.05, 0.1) is 0 Å². The van der Waals surface area contributed by atoms with Crippen molar-refractivity contribution < 1.29 is 9.32 Å². The lowest BCUT2D eigenvalue weighted by Crippen LogP contribution is -2.48. The van der Waals surface area contributed by atoms with Crippen molar-refractivity contribution in [2.24, 2.45) is 0 Å². The average molecular weight is 387 g/mol. The van der Waals surface area contributed by atoms with E-state index in [4.69, 9.17) is 4.52 Å². The third kappa shape index (κ3) is 4.81. The van der Waals surface area contributed by atoms with Crippen LogP contribution in [-0.4, -0.2) is 53.6 Å². The van der Waals surface area contributed by atoms with E-state index in [1.165, 1.54) is 11.1 Å². The van der Waals surface area contributed by atoms with Crippen molar-refractivity contribution in [3.05, 3.63) is 83.6 Å². The number of nitrogens with zero attached hydrogens (tertiary/aromatic N) is 3. The van der Waals surface area contributed by atoms with E-state index in [0.29, 0.717) is 24.5 Å². The van der Waals surface area contributed by atoms with Crippen molar-refractivity contribution >= 4 is 12.0 Å². The van der Waals surface area contributed by atoms with E-state index < -0.39 is 0 Å². The normalized spacial score (nSPS) is 15.1. The number of hydrogen-bond donors (Lipinski definition) is 0. The Balaban J connectivity index is 1.30. The summed E-state index contributed by atoms with van der Waals surface area (Å²) in [5, 5.41) is 4.07. The molecule has 1 saturated heterocycles. The van der Waals surface area contributed by atoms with Crippen LogP contribution in [0.1, 0.15) is 21.7 Å². The Bertz CT molecular complexity index is 969. The van der Waals surface area contributed by atoms with Gasteiger partial charge in [-0.3, -0.25) is 9.69 Å². The zero-order valence-corrected chi connectivity index (χ0v) is 16.6. The first-order chi connectivity index (χ1) is 14.2. The lowest BCUT2D eigenvalue weighted by Gasteiger charge is -2.33. The summed E-state index contributed by atoms with van der Waals surface area (Å²) in [4.78, 5) is 17.0. The molecule has 0 bridgehead atoms. The lowest BCUT2D eigenvalue weighted by molar-refractivity contribution is 0.0610. The van der Waals surface area contributed by atoms with Gasteiger partial charge in [0.1, 0.15) is 5.69 Å². The van der Waals surface area contributed by atoms with Crippen molar-refractivity contribution in [2.75, 3.05) is 32.7 Å². The van der Waals surface area contributed by atoms with Gasteiger partial charge in [0.2, 0.25) is 5.76 Å².